The molecule has 0 saturated heterocycles. The molecular formula is C29H52O. The Morgan fingerprint density at radius 3 is 1.77 bits per heavy atom. The Labute approximate surface area is 189 Å². The van der Waals surface area contributed by atoms with Crippen LogP contribution in [0.5, 0.6) is 0 Å². The van der Waals surface area contributed by atoms with E-state index in [1.165, 1.54) is 115 Å². The summed E-state index contributed by atoms with van der Waals surface area (Å²) in [4.78, 5) is 0. The third kappa shape index (κ3) is 15.9. The third-order valence-electron chi connectivity index (χ3n) is 6.49. The van der Waals surface area contributed by atoms with Crippen LogP contribution in [0, 0.1) is 5.92 Å². The molecule has 0 heterocycles. The van der Waals surface area contributed by atoms with Crippen LogP contribution in [0.25, 0.3) is 0 Å². The van der Waals surface area contributed by atoms with Gasteiger partial charge < -0.3 is 4.74 Å². The first-order valence-electron chi connectivity index (χ1n) is 13.4. The van der Waals surface area contributed by atoms with Gasteiger partial charge in [-0.3, -0.25) is 0 Å². The first kappa shape index (κ1) is 27.2. The van der Waals surface area contributed by atoms with Gasteiger partial charge in [-0.1, -0.05) is 141 Å². The molecule has 1 rings (SSSR count). The molecule has 1 aromatic rings. The van der Waals surface area contributed by atoms with Crippen LogP contribution in [0.3, 0.4) is 0 Å². The highest BCUT2D eigenvalue weighted by atomic mass is 16.5. The second kappa shape index (κ2) is 20.1. The van der Waals surface area contributed by atoms with E-state index >= 15 is 0 Å². The Kier molecular flexibility index (Phi) is 18.2. The monoisotopic (exact) mass is 416 g/mol. The van der Waals surface area contributed by atoms with E-state index in [9.17, 15) is 0 Å². The van der Waals surface area contributed by atoms with Crippen molar-refractivity contribution in [3.63, 3.8) is 0 Å². The molecule has 0 saturated carbocycles. The summed E-state index contributed by atoms with van der Waals surface area (Å²) in [6.45, 7) is 7.81. The van der Waals surface area contributed by atoms with Crippen molar-refractivity contribution in [1.82, 2.24) is 0 Å². The van der Waals surface area contributed by atoms with Crippen molar-refractivity contribution in [2.75, 3.05) is 0 Å². The lowest BCUT2D eigenvalue weighted by Gasteiger charge is -2.20. The molecule has 0 aromatic heterocycles. The second-order valence-electron chi connectivity index (χ2n) is 9.57. The predicted octanol–water partition coefficient (Wildman–Crippen LogP) is 9.88. The Bertz CT molecular complexity index is 455. The molecule has 0 N–H and O–H groups in total. The van der Waals surface area contributed by atoms with Crippen LogP contribution < -0.4 is 0 Å². The first-order valence-corrected chi connectivity index (χ1v) is 13.4. The number of benzene rings is 1. The molecule has 2 atom stereocenters. The molecule has 0 spiro atoms. The van der Waals surface area contributed by atoms with Crippen molar-refractivity contribution in [2.45, 2.75) is 143 Å². The smallest absolute Gasteiger partial charge is 0.0720 e. The number of rotatable bonds is 21. The molecule has 0 amide bonds. The predicted molar refractivity (Wildman–Crippen MR) is 134 cm³/mol. The molecule has 1 heteroatoms. The fourth-order valence-electron chi connectivity index (χ4n) is 4.32. The maximum Gasteiger partial charge on any atom is 0.0720 e. The van der Waals surface area contributed by atoms with Crippen LogP contribution in [0.15, 0.2) is 30.3 Å². The molecular weight excluding hydrogens is 364 g/mol. The maximum absolute atomic E-state index is 6.39. The number of ether oxygens (including phenoxy) is 1. The summed E-state index contributed by atoms with van der Waals surface area (Å²) >= 11 is 0. The van der Waals surface area contributed by atoms with Crippen molar-refractivity contribution >= 4 is 0 Å². The Hall–Kier alpha value is -0.820. The van der Waals surface area contributed by atoms with E-state index in [4.69, 9.17) is 4.74 Å². The summed E-state index contributed by atoms with van der Waals surface area (Å²) in [5.41, 5.74) is 1.31. The third-order valence-corrected chi connectivity index (χ3v) is 6.49. The molecule has 0 aliphatic rings. The van der Waals surface area contributed by atoms with Crippen molar-refractivity contribution in [1.29, 1.82) is 0 Å². The zero-order valence-electron chi connectivity index (χ0n) is 20.7. The standard InChI is InChI=1S/C29H52O/c1-4-6-8-10-11-12-13-14-19-23-29(30-26-28-21-17-15-18-22-28)25-24-27(3)20-16-9-7-5-2/h15,17-18,21-22,27,29H,4-14,16,19-20,23-26H2,1-3H3. The minimum absolute atomic E-state index is 0.438. The van der Waals surface area contributed by atoms with E-state index in [-0.39, 0.29) is 0 Å². The van der Waals surface area contributed by atoms with Gasteiger partial charge in [0.05, 0.1) is 12.7 Å². The largest absolute Gasteiger partial charge is 0.374 e. The van der Waals surface area contributed by atoms with Gasteiger partial charge in [0, 0.05) is 0 Å². The van der Waals surface area contributed by atoms with E-state index in [0.717, 1.165) is 12.5 Å². The summed E-state index contributed by atoms with van der Waals surface area (Å²) in [5.74, 6) is 0.841. The van der Waals surface area contributed by atoms with E-state index in [1.807, 2.05) is 0 Å². The summed E-state index contributed by atoms with van der Waals surface area (Å²) < 4.78 is 6.39. The van der Waals surface area contributed by atoms with E-state index in [2.05, 4.69) is 51.1 Å². The minimum Gasteiger partial charge on any atom is -0.374 e. The molecule has 0 aliphatic carbocycles. The van der Waals surface area contributed by atoms with E-state index in [0.29, 0.717) is 6.10 Å². The molecule has 0 bridgehead atoms. The van der Waals surface area contributed by atoms with Crippen LogP contribution >= 0.6 is 0 Å². The number of hydrogen-bond donors (Lipinski definition) is 0. The van der Waals surface area contributed by atoms with Crippen LogP contribution in [-0.4, -0.2) is 6.10 Å². The van der Waals surface area contributed by atoms with Crippen molar-refractivity contribution in [3.8, 4) is 0 Å². The summed E-state index contributed by atoms with van der Waals surface area (Å²) in [7, 11) is 0. The zero-order valence-corrected chi connectivity index (χ0v) is 20.7. The minimum atomic E-state index is 0.438. The van der Waals surface area contributed by atoms with Gasteiger partial charge in [-0.2, -0.15) is 0 Å². The normalized spacial score (nSPS) is 13.4. The summed E-state index contributed by atoms with van der Waals surface area (Å²) in [5, 5.41) is 0. The topological polar surface area (TPSA) is 9.23 Å². The van der Waals surface area contributed by atoms with E-state index in [1.54, 1.807) is 0 Å². The molecule has 30 heavy (non-hydrogen) atoms. The average molecular weight is 417 g/mol. The maximum atomic E-state index is 6.39. The zero-order chi connectivity index (χ0) is 21.7. The molecule has 174 valence electrons. The summed E-state index contributed by atoms with van der Waals surface area (Å²) in [6.07, 6.45) is 23.8. The Morgan fingerprint density at radius 2 is 1.13 bits per heavy atom. The van der Waals surface area contributed by atoms with Gasteiger partial charge in [0.2, 0.25) is 0 Å². The Balaban J connectivity index is 2.24. The van der Waals surface area contributed by atoms with Crippen LogP contribution in [0.1, 0.15) is 135 Å². The van der Waals surface area contributed by atoms with Crippen molar-refractivity contribution < 1.29 is 4.74 Å². The highest BCUT2D eigenvalue weighted by molar-refractivity contribution is 5.13. The van der Waals surface area contributed by atoms with E-state index < -0.39 is 0 Å². The molecule has 1 nitrogen and oxygen atoms in total. The molecule has 1 aromatic carbocycles. The summed E-state index contributed by atoms with van der Waals surface area (Å²) in [6, 6.07) is 10.7. The SMILES string of the molecule is CCCCCCCCCCCC(CCC(C)CCCCCC)OCc1ccccc1. The van der Waals surface area contributed by atoms with Gasteiger partial charge in [-0.15, -0.1) is 0 Å². The van der Waals surface area contributed by atoms with Gasteiger partial charge in [0.1, 0.15) is 0 Å². The lowest BCUT2D eigenvalue weighted by Crippen LogP contribution is -2.14. The molecule has 0 fully saturated rings. The highest BCUT2D eigenvalue weighted by Crippen LogP contribution is 2.21. The van der Waals surface area contributed by atoms with Crippen LogP contribution in [0.4, 0.5) is 0 Å². The van der Waals surface area contributed by atoms with Gasteiger partial charge in [-0.25, -0.2) is 0 Å². The molecule has 0 aliphatic heterocycles. The van der Waals surface area contributed by atoms with Gasteiger partial charge in [0.15, 0.2) is 0 Å². The number of unbranched alkanes of at least 4 members (excludes halogenated alkanes) is 11. The fourth-order valence-corrected chi connectivity index (χ4v) is 4.32. The van der Waals surface area contributed by atoms with Crippen molar-refractivity contribution in [2.24, 2.45) is 5.92 Å². The lowest BCUT2D eigenvalue weighted by atomic mass is 9.94. The van der Waals surface area contributed by atoms with Crippen LogP contribution in [-0.2, 0) is 11.3 Å². The Morgan fingerprint density at radius 1 is 0.600 bits per heavy atom. The molecule has 2 unspecified atom stereocenters. The van der Waals surface area contributed by atoms with Gasteiger partial charge in [0.25, 0.3) is 0 Å². The van der Waals surface area contributed by atoms with Gasteiger partial charge in [-0.05, 0) is 30.7 Å². The second-order valence-corrected chi connectivity index (χ2v) is 9.57. The van der Waals surface area contributed by atoms with Crippen molar-refractivity contribution in [3.05, 3.63) is 35.9 Å². The average Bonchev–Trinajstić information content (AvgIpc) is 2.77. The number of hydrogen-bond acceptors (Lipinski definition) is 1. The molecule has 0 radical (unpaired) electrons. The van der Waals surface area contributed by atoms with Gasteiger partial charge >= 0.3 is 0 Å². The van der Waals surface area contributed by atoms with Crippen LogP contribution in [0.2, 0.25) is 0 Å². The first-order chi connectivity index (χ1) is 14.8. The fraction of sp³-hybridized carbons (Fsp3) is 0.793. The quantitative estimate of drug-likeness (QED) is 0.181. The lowest BCUT2D eigenvalue weighted by molar-refractivity contribution is 0.0238. The highest BCUT2D eigenvalue weighted by Gasteiger charge is 2.12.